The van der Waals surface area contributed by atoms with Crippen molar-refractivity contribution in [1.29, 1.82) is 0 Å². The van der Waals surface area contributed by atoms with Crippen molar-refractivity contribution in [1.82, 2.24) is 20.0 Å². The highest BCUT2D eigenvalue weighted by atomic mass is 16.2. The van der Waals surface area contributed by atoms with Gasteiger partial charge < -0.3 is 14.7 Å². The van der Waals surface area contributed by atoms with Crippen molar-refractivity contribution >= 4 is 29.2 Å². The molecular formula is C20H22N6O3. The summed E-state index contributed by atoms with van der Waals surface area (Å²) in [6.07, 6.45) is 1.70. The van der Waals surface area contributed by atoms with E-state index in [-0.39, 0.29) is 12.5 Å². The zero-order chi connectivity index (χ0) is 20.5. The number of hydrogen-bond donors (Lipinski definition) is 0. The van der Waals surface area contributed by atoms with Crippen LogP contribution >= 0.6 is 0 Å². The molecule has 0 atom stereocenters. The topological polar surface area (TPSA) is 90.0 Å². The lowest BCUT2D eigenvalue weighted by atomic mass is 10.1. The summed E-state index contributed by atoms with van der Waals surface area (Å²) in [6.45, 7) is 1.98. The molecule has 0 spiro atoms. The third-order valence-electron chi connectivity index (χ3n) is 5.27. The summed E-state index contributed by atoms with van der Waals surface area (Å²) >= 11 is 0. The third kappa shape index (κ3) is 3.51. The maximum absolute atomic E-state index is 12.7. The fraction of sp³-hybridized carbons (Fsp3) is 0.350. The molecule has 4 rings (SSSR count). The van der Waals surface area contributed by atoms with Crippen LogP contribution in [0.5, 0.6) is 0 Å². The van der Waals surface area contributed by atoms with E-state index in [9.17, 15) is 14.4 Å². The van der Waals surface area contributed by atoms with Crippen LogP contribution in [0.15, 0.2) is 36.5 Å². The lowest BCUT2D eigenvalue weighted by Crippen LogP contribution is -2.52. The molecular weight excluding hydrogens is 372 g/mol. The van der Waals surface area contributed by atoms with Gasteiger partial charge in [0.2, 0.25) is 5.91 Å². The zero-order valence-corrected chi connectivity index (χ0v) is 16.4. The Morgan fingerprint density at radius 2 is 1.66 bits per heavy atom. The van der Waals surface area contributed by atoms with Crippen LogP contribution in [0.1, 0.15) is 20.7 Å². The van der Waals surface area contributed by atoms with Crippen LogP contribution in [0.3, 0.4) is 0 Å². The average Bonchev–Trinajstić information content (AvgIpc) is 2.99. The van der Waals surface area contributed by atoms with E-state index in [1.165, 1.54) is 0 Å². The first-order chi connectivity index (χ1) is 14.0. The first-order valence-corrected chi connectivity index (χ1v) is 9.43. The fourth-order valence-corrected chi connectivity index (χ4v) is 3.55. The van der Waals surface area contributed by atoms with Crippen molar-refractivity contribution in [3.63, 3.8) is 0 Å². The van der Waals surface area contributed by atoms with Gasteiger partial charge in [-0.2, -0.15) is 5.10 Å². The first-order valence-electron chi connectivity index (χ1n) is 9.43. The molecule has 0 bridgehead atoms. The predicted octanol–water partition coefficient (Wildman–Crippen LogP) is 0.487. The summed E-state index contributed by atoms with van der Waals surface area (Å²) in [5, 5.41) is 8.23. The van der Waals surface area contributed by atoms with Crippen LogP contribution < -0.4 is 9.80 Å². The largest absolute Gasteiger partial charge is 0.376 e. The normalized spacial score (nSPS) is 16.3. The standard InChI is InChI=1S/C20H22N6O3/c1-23(2)14-11-17(22-21-12-14)24-7-9-25(10-8-24)18(27)13-26-19(28)15-5-3-4-6-16(15)20(26)29/h3-6,11-12H,7-10,13H2,1-2H3. The minimum absolute atomic E-state index is 0.229. The fourth-order valence-electron chi connectivity index (χ4n) is 3.55. The lowest BCUT2D eigenvalue weighted by Gasteiger charge is -2.35. The molecule has 1 aromatic carbocycles. The highest BCUT2D eigenvalue weighted by Gasteiger charge is 2.37. The Bertz CT molecular complexity index is 933. The number of aromatic nitrogens is 2. The van der Waals surface area contributed by atoms with Gasteiger partial charge in [-0.3, -0.25) is 19.3 Å². The van der Waals surface area contributed by atoms with E-state index in [4.69, 9.17) is 0 Å². The van der Waals surface area contributed by atoms with E-state index in [1.807, 2.05) is 25.1 Å². The van der Waals surface area contributed by atoms with Crippen LogP contribution in [0.4, 0.5) is 11.5 Å². The number of rotatable bonds is 4. The second kappa shape index (κ2) is 7.50. The minimum Gasteiger partial charge on any atom is -0.376 e. The van der Waals surface area contributed by atoms with Gasteiger partial charge in [-0.1, -0.05) is 12.1 Å². The monoisotopic (exact) mass is 394 g/mol. The van der Waals surface area contributed by atoms with Gasteiger partial charge in [0.25, 0.3) is 11.8 Å². The van der Waals surface area contributed by atoms with Gasteiger partial charge in [-0.05, 0) is 12.1 Å². The Labute approximate surface area is 168 Å². The Morgan fingerprint density at radius 3 is 2.24 bits per heavy atom. The number of piperazine rings is 1. The van der Waals surface area contributed by atoms with Gasteiger partial charge in [0, 0.05) is 46.3 Å². The summed E-state index contributed by atoms with van der Waals surface area (Å²) in [6, 6.07) is 8.61. The van der Waals surface area contributed by atoms with Crippen LogP contribution in [0.2, 0.25) is 0 Å². The molecule has 3 heterocycles. The Morgan fingerprint density at radius 1 is 1.03 bits per heavy atom. The number of carbonyl (C=O) groups excluding carboxylic acids is 3. The molecule has 2 aliphatic heterocycles. The van der Waals surface area contributed by atoms with E-state index < -0.39 is 11.8 Å². The molecule has 1 fully saturated rings. The van der Waals surface area contributed by atoms with Crippen molar-refractivity contribution < 1.29 is 14.4 Å². The number of benzene rings is 1. The lowest BCUT2D eigenvalue weighted by molar-refractivity contribution is -0.131. The van der Waals surface area contributed by atoms with Gasteiger partial charge in [0.05, 0.1) is 23.0 Å². The van der Waals surface area contributed by atoms with Crippen molar-refractivity contribution in [3.05, 3.63) is 47.7 Å². The molecule has 0 radical (unpaired) electrons. The maximum Gasteiger partial charge on any atom is 0.262 e. The molecule has 0 unspecified atom stereocenters. The van der Waals surface area contributed by atoms with Gasteiger partial charge in [0.1, 0.15) is 6.54 Å². The second-order valence-corrected chi connectivity index (χ2v) is 7.28. The number of amides is 3. The molecule has 9 heteroatoms. The molecule has 1 saturated heterocycles. The average molecular weight is 394 g/mol. The van der Waals surface area contributed by atoms with E-state index in [1.54, 1.807) is 35.4 Å². The summed E-state index contributed by atoms with van der Waals surface area (Å²) in [5.41, 5.74) is 1.67. The van der Waals surface area contributed by atoms with E-state index in [2.05, 4.69) is 15.1 Å². The summed E-state index contributed by atoms with van der Waals surface area (Å²) in [4.78, 5) is 44.4. The van der Waals surface area contributed by atoms with Crippen LogP contribution in [0, 0.1) is 0 Å². The molecule has 1 aromatic heterocycles. The second-order valence-electron chi connectivity index (χ2n) is 7.28. The molecule has 29 heavy (non-hydrogen) atoms. The molecule has 150 valence electrons. The highest BCUT2D eigenvalue weighted by molar-refractivity contribution is 6.22. The highest BCUT2D eigenvalue weighted by Crippen LogP contribution is 2.23. The maximum atomic E-state index is 12.7. The predicted molar refractivity (Wildman–Crippen MR) is 107 cm³/mol. The molecule has 2 aliphatic rings. The van der Waals surface area contributed by atoms with E-state index in [0.29, 0.717) is 37.3 Å². The molecule has 0 N–H and O–H groups in total. The molecule has 2 aromatic rings. The zero-order valence-electron chi connectivity index (χ0n) is 16.4. The van der Waals surface area contributed by atoms with Gasteiger partial charge >= 0.3 is 0 Å². The quantitative estimate of drug-likeness (QED) is 0.697. The van der Waals surface area contributed by atoms with E-state index in [0.717, 1.165) is 16.4 Å². The van der Waals surface area contributed by atoms with Crippen LogP contribution in [-0.4, -0.2) is 84.5 Å². The molecule has 0 aliphatic carbocycles. The van der Waals surface area contributed by atoms with Crippen molar-refractivity contribution in [3.8, 4) is 0 Å². The van der Waals surface area contributed by atoms with E-state index >= 15 is 0 Å². The van der Waals surface area contributed by atoms with Crippen molar-refractivity contribution in [2.24, 2.45) is 0 Å². The summed E-state index contributed by atoms with van der Waals surface area (Å²) in [5.74, 6) is -0.280. The van der Waals surface area contributed by atoms with Gasteiger partial charge in [0.15, 0.2) is 5.82 Å². The molecule has 3 amide bonds. The number of fused-ring (bicyclic) bond motifs is 1. The summed E-state index contributed by atoms with van der Waals surface area (Å²) in [7, 11) is 3.88. The Hall–Kier alpha value is -3.49. The number of imide groups is 1. The van der Waals surface area contributed by atoms with Crippen molar-refractivity contribution in [2.75, 3.05) is 56.6 Å². The molecule has 0 saturated carbocycles. The number of hydrogen-bond acceptors (Lipinski definition) is 7. The first kappa shape index (κ1) is 18.9. The SMILES string of the molecule is CN(C)c1cnnc(N2CCN(C(=O)CN3C(=O)c4ccccc4C3=O)CC2)c1. The number of nitrogens with zero attached hydrogens (tertiary/aromatic N) is 6. The van der Waals surface area contributed by atoms with Crippen LogP contribution in [0.25, 0.3) is 0 Å². The minimum atomic E-state index is -0.409. The molecule has 9 nitrogen and oxygen atoms in total. The third-order valence-corrected chi connectivity index (χ3v) is 5.27. The van der Waals surface area contributed by atoms with Crippen LogP contribution in [-0.2, 0) is 4.79 Å². The number of anilines is 2. The Kier molecular flexibility index (Phi) is 4.87. The van der Waals surface area contributed by atoms with Gasteiger partial charge in [-0.25, -0.2) is 0 Å². The summed E-state index contributed by atoms with van der Waals surface area (Å²) < 4.78 is 0. The number of carbonyl (C=O) groups is 3. The van der Waals surface area contributed by atoms with Gasteiger partial charge in [-0.15, -0.1) is 5.10 Å². The smallest absolute Gasteiger partial charge is 0.262 e. The van der Waals surface area contributed by atoms with Crippen molar-refractivity contribution in [2.45, 2.75) is 0 Å². The Balaban J connectivity index is 1.37.